The molecule has 2 heterocycles. The van der Waals surface area contributed by atoms with Gasteiger partial charge in [-0.2, -0.15) is 0 Å². The second-order valence-electron chi connectivity index (χ2n) is 7.29. The summed E-state index contributed by atoms with van der Waals surface area (Å²) in [7, 11) is 2.02. The van der Waals surface area contributed by atoms with Crippen molar-refractivity contribution in [3.63, 3.8) is 0 Å². The summed E-state index contributed by atoms with van der Waals surface area (Å²) in [4.78, 5) is 24.2. The van der Waals surface area contributed by atoms with Gasteiger partial charge in [-0.25, -0.2) is 4.99 Å². The third-order valence-electron chi connectivity index (χ3n) is 5.24. The summed E-state index contributed by atoms with van der Waals surface area (Å²) in [6, 6.07) is 28.3. The van der Waals surface area contributed by atoms with Crippen LogP contribution in [0.15, 0.2) is 105 Å². The van der Waals surface area contributed by atoms with E-state index in [1.165, 1.54) is 22.2 Å². The molecule has 5 rings (SSSR count). The first-order valence-corrected chi connectivity index (χ1v) is 11.8. The lowest BCUT2D eigenvalue weighted by Crippen LogP contribution is -2.31. The zero-order chi connectivity index (χ0) is 21.2. The van der Waals surface area contributed by atoms with Crippen molar-refractivity contribution < 1.29 is 4.79 Å². The van der Waals surface area contributed by atoms with Crippen LogP contribution in [-0.2, 0) is 11.2 Å². The number of fused-ring (bicyclic) bond motifs is 1. The van der Waals surface area contributed by atoms with Gasteiger partial charge in [0, 0.05) is 18.5 Å². The zero-order valence-electron chi connectivity index (χ0n) is 17.1. The highest BCUT2D eigenvalue weighted by Crippen LogP contribution is 2.49. The molecule has 0 atom stereocenters. The van der Waals surface area contributed by atoms with Crippen molar-refractivity contribution >= 4 is 46.0 Å². The van der Waals surface area contributed by atoms with Crippen molar-refractivity contribution in [2.45, 2.75) is 11.3 Å². The Bertz CT molecular complexity index is 1180. The molecule has 1 saturated heterocycles. The van der Waals surface area contributed by atoms with Crippen LogP contribution in [0.2, 0.25) is 0 Å². The van der Waals surface area contributed by atoms with E-state index >= 15 is 0 Å². The predicted molar refractivity (Wildman–Crippen MR) is 131 cm³/mol. The molecule has 154 valence electrons. The van der Waals surface area contributed by atoms with E-state index < -0.39 is 0 Å². The molecule has 0 bridgehead atoms. The topological polar surface area (TPSA) is 35.9 Å². The smallest absolute Gasteiger partial charge is 0.269 e. The number of para-hydroxylation sites is 2. The van der Waals surface area contributed by atoms with Gasteiger partial charge in [-0.05, 0) is 48.0 Å². The molecule has 0 N–H and O–H groups in total. The molecular formula is C25H21N3OS2. The van der Waals surface area contributed by atoms with Crippen molar-refractivity contribution in [3.05, 3.63) is 100 Å². The van der Waals surface area contributed by atoms with Gasteiger partial charge in [-0.3, -0.25) is 9.69 Å². The third kappa shape index (κ3) is 4.01. The fourth-order valence-electron chi connectivity index (χ4n) is 3.61. The van der Waals surface area contributed by atoms with Crippen molar-refractivity contribution in [1.82, 2.24) is 4.90 Å². The molecule has 3 aromatic carbocycles. The molecule has 0 spiro atoms. The first-order chi connectivity index (χ1) is 15.2. The molecule has 0 aliphatic carbocycles. The molecule has 0 saturated carbocycles. The van der Waals surface area contributed by atoms with Crippen molar-refractivity contribution in [2.24, 2.45) is 4.99 Å². The van der Waals surface area contributed by atoms with Crippen LogP contribution in [0.25, 0.3) is 0 Å². The number of amidine groups is 1. The third-order valence-corrected chi connectivity index (χ3v) is 7.68. The maximum Gasteiger partial charge on any atom is 0.269 e. The van der Waals surface area contributed by atoms with E-state index in [-0.39, 0.29) is 5.91 Å². The van der Waals surface area contributed by atoms with E-state index in [0.29, 0.717) is 6.54 Å². The Labute approximate surface area is 190 Å². The Morgan fingerprint density at radius 2 is 1.52 bits per heavy atom. The molecule has 2 aliphatic heterocycles. The van der Waals surface area contributed by atoms with E-state index in [4.69, 9.17) is 4.99 Å². The SMILES string of the molecule is CN1/C(=C2/SC(=Nc3ccccc3)N(CCc3ccccc3)C2=O)Sc2ccccc21. The monoisotopic (exact) mass is 443 g/mol. The largest absolute Gasteiger partial charge is 0.337 e. The van der Waals surface area contributed by atoms with E-state index in [9.17, 15) is 4.79 Å². The molecule has 3 aromatic rings. The van der Waals surface area contributed by atoms with E-state index in [1.54, 1.807) is 11.8 Å². The lowest BCUT2D eigenvalue weighted by molar-refractivity contribution is -0.122. The molecule has 0 radical (unpaired) electrons. The van der Waals surface area contributed by atoms with Crippen LogP contribution in [0.4, 0.5) is 11.4 Å². The average Bonchev–Trinajstić information content (AvgIpc) is 3.30. The Kier molecular flexibility index (Phi) is 5.57. The highest BCUT2D eigenvalue weighted by Gasteiger charge is 2.38. The summed E-state index contributed by atoms with van der Waals surface area (Å²) >= 11 is 3.12. The van der Waals surface area contributed by atoms with Gasteiger partial charge >= 0.3 is 0 Å². The molecule has 0 unspecified atom stereocenters. The Hall–Kier alpha value is -2.96. The quantitative estimate of drug-likeness (QED) is 0.470. The average molecular weight is 444 g/mol. The van der Waals surface area contributed by atoms with Gasteiger partial charge in [0.05, 0.1) is 16.4 Å². The molecule has 31 heavy (non-hydrogen) atoms. The number of anilines is 1. The highest BCUT2D eigenvalue weighted by atomic mass is 32.2. The minimum absolute atomic E-state index is 0.0257. The van der Waals surface area contributed by atoms with Crippen molar-refractivity contribution in [1.29, 1.82) is 0 Å². The van der Waals surface area contributed by atoms with E-state index in [2.05, 4.69) is 29.2 Å². The number of rotatable bonds is 4. The molecule has 1 amide bonds. The standard InChI is InChI=1S/C25H21N3OS2/c1-27-20-14-8-9-15-21(20)30-24(27)22-23(29)28(17-16-18-10-4-2-5-11-18)25(31-22)26-19-12-6-3-7-13-19/h2-15H,16-17H2,1H3/b24-22-,26-25?. The Morgan fingerprint density at radius 3 is 2.26 bits per heavy atom. The number of thioether (sulfide) groups is 2. The second-order valence-corrected chi connectivity index (χ2v) is 9.30. The number of nitrogens with zero attached hydrogens (tertiary/aromatic N) is 3. The minimum Gasteiger partial charge on any atom is -0.337 e. The molecular weight excluding hydrogens is 422 g/mol. The van der Waals surface area contributed by atoms with E-state index in [0.717, 1.165) is 32.9 Å². The number of amides is 1. The number of carbonyl (C=O) groups excluding carboxylic acids is 1. The Morgan fingerprint density at radius 1 is 0.839 bits per heavy atom. The maximum absolute atomic E-state index is 13.5. The van der Waals surface area contributed by atoms with Crippen LogP contribution >= 0.6 is 23.5 Å². The number of carbonyl (C=O) groups is 1. The summed E-state index contributed by atoms with van der Waals surface area (Å²) in [5.74, 6) is 0.0257. The number of aliphatic imine (C=N–C) groups is 1. The van der Waals surface area contributed by atoms with Gasteiger partial charge in [0.25, 0.3) is 5.91 Å². The van der Waals surface area contributed by atoms with Crippen molar-refractivity contribution in [2.75, 3.05) is 18.5 Å². The summed E-state index contributed by atoms with van der Waals surface area (Å²) in [5.41, 5.74) is 3.19. The van der Waals surface area contributed by atoms with Crippen LogP contribution in [0.3, 0.4) is 0 Å². The first kappa shape index (κ1) is 20.0. The molecule has 0 aromatic heterocycles. The zero-order valence-corrected chi connectivity index (χ0v) is 18.7. The summed E-state index contributed by atoms with van der Waals surface area (Å²) in [6.45, 7) is 0.597. The summed E-state index contributed by atoms with van der Waals surface area (Å²) in [6.07, 6.45) is 0.784. The lowest BCUT2D eigenvalue weighted by atomic mass is 10.1. The number of benzene rings is 3. The molecule has 4 nitrogen and oxygen atoms in total. The lowest BCUT2D eigenvalue weighted by Gasteiger charge is -2.16. The van der Waals surface area contributed by atoms with Crippen LogP contribution in [0.5, 0.6) is 0 Å². The fourth-order valence-corrected chi connectivity index (χ4v) is 5.98. The fraction of sp³-hybridized carbons (Fsp3) is 0.120. The summed E-state index contributed by atoms with van der Waals surface area (Å²) in [5, 5.41) is 1.71. The van der Waals surface area contributed by atoms with Crippen LogP contribution in [0, 0.1) is 0 Å². The van der Waals surface area contributed by atoms with Gasteiger partial charge in [-0.1, -0.05) is 72.4 Å². The van der Waals surface area contributed by atoms with Gasteiger partial charge in [0.15, 0.2) is 5.17 Å². The summed E-state index contributed by atoms with van der Waals surface area (Å²) < 4.78 is 0. The Balaban J connectivity index is 1.49. The van der Waals surface area contributed by atoms with Crippen molar-refractivity contribution in [3.8, 4) is 0 Å². The predicted octanol–water partition coefficient (Wildman–Crippen LogP) is 5.90. The molecule has 2 aliphatic rings. The normalized spacial score (nSPS) is 19.4. The number of hydrogen-bond donors (Lipinski definition) is 0. The first-order valence-electron chi connectivity index (χ1n) is 10.1. The van der Waals surface area contributed by atoms with Crippen LogP contribution in [-0.4, -0.2) is 29.6 Å². The molecule has 6 heteroatoms. The molecule has 1 fully saturated rings. The maximum atomic E-state index is 13.5. The number of hydrogen-bond acceptors (Lipinski definition) is 5. The minimum atomic E-state index is 0.0257. The van der Waals surface area contributed by atoms with Crippen LogP contribution < -0.4 is 4.90 Å². The van der Waals surface area contributed by atoms with Gasteiger partial charge < -0.3 is 4.90 Å². The highest BCUT2D eigenvalue weighted by molar-refractivity contribution is 8.19. The van der Waals surface area contributed by atoms with Crippen LogP contribution in [0.1, 0.15) is 5.56 Å². The van der Waals surface area contributed by atoms with Gasteiger partial charge in [-0.15, -0.1) is 0 Å². The van der Waals surface area contributed by atoms with Gasteiger partial charge in [0.2, 0.25) is 0 Å². The van der Waals surface area contributed by atoms with E-state index in [1.807, 2.05) is 72.6 Å². The second kappa shape index (κ2) is 8.65. The van der Waals surface area contributed by atoms with Gasteiger partial charge in [0.1, 0.15) is 4.91 Å².